The van der Waals surface area contributed by atoms with Crippen molar-refractivity contribution in [1.82, 2.24) is 0 Å². The van der Waals surface area contributed by atoms with Gasteiger partial charge in [-0.2, -0.15) is 0 Å². The predicted octanol–water partition coefficient (Wildman–Crippen LogP) is 2.41. The molecule has 0 heterocycles. The Bertz CT molecular complexity index is 350. The molecule has 0 aromatic heterocycles. The smallest absolute Gasteiger partial charge is 0.303 e. The Balaban J connectivity index is 2.72. The number of carboxylic acids is 1. The third-order valence-electron chi connectivity index (χ3n) is 2.80. The van der Waals surface area contributed by atoms with Crippen LogP contribution in [0.1, 0.15) is 41.8 Å². The predicted molar refractivity (Wildman–Crippen MR) is 57.5 cm³/mol. The molecule has 1 aliphatic carbocycles. The monoisotopic (exact) mass is 212 g/mol. The van der Waals surface area contributed by atoms with E-state index in [-0.39, 0.29) is 42.6 Å². The summed E-state index contributed by atoms with van der Waals surface area (Å²) in [6, 6.07) is 0.405. The van der Waals surface area contributed by atoms with E-state index in [0.29, 0.717) is 19.3 Å². The van der Waals surface area contributed by atoms with Crippen molar-refractivity contribution in [2.75, 3.05) is 0 Å². The lowest BCUT2D eigenvalue weighted by Crippen LogP contribution is -2.17. The maximum Gasteiger partial charge on any atom is 0.303 e. The molecule has 0 aliphatic heterocycles. The molecule has 1 saturated carbocycles. The van der Waals surface area contributed by atoms with Crippen LogP contribution >= 0.6 is 0 Å². The van der Waals surface area contributed by atoms with E-state index in [9.17, 15) is 9.59 Å². The van der Waals surface area contributed by atoms with Crippen molar-refractivity contribution in [3.8, 4) is 0 Å². The van der Waals surface area contributed by atoms with Crippen molar-refractivity contribution in [1.29, 1.82) is 0 Å². The van der Waals surface area contributed by atoms with E-state index in [0.717, 1.165) is 0 Å². The van der Waals surface area contributed by atoms with Crippen LogP contribution in [0.3, 0.4) is 0 Å². The van der Waals surface area contributed by atoms with Gasteiger partial charge in [-0.05, 0) is 25.2 Å². The van der Waals surface area contributed by atoms with E-state index >= 15 is 0 Å². The summed E-state index contributed by atoms with van der Waals surface area (Å²) in [6.45, 7) is 1.79. The molecule has 84 valence electrons. The van der Waals surface area contributed by atoms with Crippen LogP contribution in [0.15, 0.2) is 12.1 Å². The minimum absolute atomic E-state index is 0.0108. The molecule has 1 N–H and O–H groups in total. The normalized spacial score (nSPS) is 29.5. The summed E-state index contributed by atoms with van der Waals surface area (Å²) < 4.78 is 15.2. The van der Waals surface area contributed by atoms with Gasteiger partial charge in [0.1, 0.15) is 5.78 Å². The highest BCUT2D eigenvalue weighted by Crippen LogP contribution is 2.33. The van der Waals surface area contributed by atoms with Crippen LogP contribution < -0.4 is 0 Å². The molecule has 15 heavy (non-hydrogen) atoms. The molecule has 0 aromatic carbocycles. The Morgan fingerprint density at radius 2 is 2.40 bits per heavy atom. The first-order chi connectivity index (χ1) is 7.95. The first kappa shape index (κ1) is 9.13. The van der Waals surface area contributed by atoms with Crippen LogP contribution in [-0.2, 0) is 9.59 Å². The zero-order chi connectivity index (χ0) is 13.0. The average molecular weight is 212 g/mol. The highest BCUT2D eigenvalue weighted by atomic mass is 16.4. The summed E-state index contributed by atoms with van der Waals surface area (Å²) in [5, 5.41) is 8.76. The second-order valence-corrected chi connectivity index (χ2v) is 3.88. The summed E-state index contributed by atoms with van der Waals surface area (Å²) in [5.74, 6) is -1.38. The van der Waals surface area contributed by atoms with Gasteiger partial charge < -0.3 is 5.11 Å². The lowest BCUT2D eigenvalue weighted by atomic mass is 9.89. The summed E-state index contributed by atoms with van der Waals surface area (Å²) >= 11 is 0. The maximum absolute atomic E-state index is 11.7. The molecule has 2 atom stereocenters. The molecule has 0 radical (unpaired) electrons. The first-order valence-electron chi connectivity index (χ1n) is 6.35. The number of carboxylic acid groups (broad SMARTS) is 1. The van der Waals surface area contributed by atoms with Gasteiger partial charge in [-0.1, -0.05) is 19.0 Å². The Morgan fingerprint density at radius 3 is 3.00 bits per heavy atom. The fraction of sp³-hybridized carbons (Fsp3) is 0.667. The second-order valence-electron chi connectivity index (χ2n) is 3.88. The third kappa shape index (κ3) is 3.50. The van der Waals surface area contributed by atoms with Crippen LogP contribution in [0.2, 0.25) is 0 Å². The molecule has 0 aromatic rings. The van der Waals surface area contributed by atoms with Crippen LogP contribution in [-0.4, -0.2) is 16.9 Å². The van der Waals surface area contributed by atoms with Crippen molar-refractivity contribution in [3.05, 3.63) is 12.1 Å². The number of Topliss-reactive ketones (excluding diaryl/α,β-unsaturated/α-hetero) is 1. The number of hydrogen-bond acceptors (Lipinski definition) is 2. The van der Waals surface area contributed by atoms with Gasteiger partial charge in [0.15, 0.2) is 0 Å². The van der Waals surface area contributed by atoms with E-state index < -0.39 is 5.97 Å². The largest absolute Gasteiger partial charge is 0.481 e. The Hall–Kier alpha value is -1.12. The zero-order valence-electron chi connectivity index (χ0n) is 11.0. The quantitative estimate of drug-likeness (QED) is 0.712. The second kappa shape index (κ2) is 5.69. The van der Waals surface area contributed by atoms with Crippen molar-refractivity contribution >= 4 is 11.8 Å². The molecule has 0 saturated heterocycles. The molecule has 0 amide bonds. The standard InChI is InChI=1S/C12H18O3/c1-2-3-4-5-10-9(8-12(14)15)6-7-11(10)13/h3-4,9-10H,2,5-8H2,1H3,(H,14,15)/b4-3-/i3D,4D. The first-order valence-corrected chi connectivity index (χ1v) is 5.35. The Kier molecular flexibility index (Phi) is 3.46. The maximum atomic E-state index is 11.7. The van der Waals surface area contributed by atoms with E-state index in [1.54, 1.807) is 6.92 Å². The number of ketones is 1. The molecule has 3 heteroatoms. The van der Waals surface area contributed by atoms with Gasteiger partial charge in [-0.3, -0.25) is 9.59 Å². The Morgan fingerprint density at radius 1 is 1.67 bits per heavy atom. The van der Waals surface area contributed by atoms with Crippen molar-refractivity contribution < 1.29 is 17.4 Å². The third-order valence-corrected chi connectivity index (χ3v) is 2.80. The fourth-order valence-electron chi connectivity index (χ4n) is 2.03. The lowest BCUT2D eigenvalue weighted by molar-refractivity contribution is -0.138. The van der Waals surface area contributed by atoms with Gasteiger partial charge in [0.2, 0.25) is 0 Å². The summed E-state index contributed by atoms with van der Waals surface area (Å²) in [5.41, 5.74) is 0. The number of hydrogen-bond donors (Lipinski definition) is 1. The minimum atomic E-state index is -0.896. The number of allylic oxidation sites excluding steroid dienone is 2. The van der Waals surface area contributed by atoms with Crippen molar-refractivity contribution in [3.63, 3.8) is 0 Å². The molecule has 0 spiro atoms. The van der Waals surface area contributed by atoms with Crippen molar-refractivity contribution in [2.45, 2.75) is 39.0 Å². The van der Waals surface area contributed by atoms with Crippen LogP contribution in [0.25, 0.3) is 0 Å². The average Bonchev–Trinajstić information content (AvgIpc) is 2.59. The molecule has 2 unspecified atom stereocenters. The highest BCUT2D eigenvalue weighted by Gasteiger charge is 2.34. The van der Waals surface area contributed by atoms with Gasteiger partial charge in [-0.25, -0.2) is 0 Å². The number of aliphatic carboxylic acids is 1. The minimum Gasteiger partial charge on any atom is -0.481 e. The molecule has 0 bridgehead atoms. The zero-order valence-corrected chi connectivity index (χ0v) is 8.95. The van der Waals surface area contributed by atoms with E-state index in [1.807, 2.05) is 0 Å². The van der Waals surface area contributed by atoms with E-state index in [1.165, 1.54) is 0 Å². The molecular formula is C12H18O3. The molecule has 3 nitrogen and oxygen atoms in total. The van der Waals surface area contributed by atoms with E-state index in [4.69, 9.17) is 7.85 Å². The van der Waals surface area contributed by atoms with Gasteiger partial charge in [0.25, 0.3) is 0 Å². The SMILES string of the molecule is [2H]/C(CC)=C(\[2H])CC1C(=O)CCC1CC(=O)O. The number of carbonyl (C=O) groups excluding carboxylic acids is 1. The number of carbonyl (C=O) groups is 2. The number of rotatable bonds is 5. The lowest BCUT2D eigenvalue weighted by Gasteiger charge is -2.14. The summed E-state index contributed by atoms with van der Waals surface area (Å²) in [4.78, 5) is 22.3. The molecule has 1 fully saturated rings. The molecule has 1 aliphatic rings. The molecule has 1 rings (SSSR count). The van der Waals surface area contributed by atoms with Crippen LogP contribution in [0, 0.1) is 11.8 Å². The van der Waals surface area contributed by atoms with Crippen LogP contribution in [0.4, 0.5) is 0 Å². The topological polar surface area (TPSA) is 54.4 Å². The highest BCUT2D eigenvalue weighted by molar-refractivity contribution is 5.84. The fourth-order valence-corrected chi connectivity index (χ4v) is 2.03. The summed E-state index contributed by atoms with van der Waals surface area (Å²) in [6.07, 6.45) is 1.70. The van der Waals surface area contributed by atoms with Gasteiger partial charge >= 0.3 is 5.97 Å². The van der Waals surface area contributed by atoms with Gasteiger partial charge in [0.05, 0.1) is 2.74 Å². The van der Waals surface area contributed by atoms with E-state index in [2.05, 4.69) is 0 Å². The van der Waals surface area contributed by atoms with Gasteiger partial charge in [0, 0.05) is 18.8 Å². The summed E-state index contributed by atoms with van der Waals surface area (Å²) in [7, 11) is 0. The molecular weight excluding hydrogens is 192 g/mol. The van der Waals surface area contributed by atoms with Gasteiger partial charge in [-0.15, -0.1) is 0 Å². The van der Waals surface area contributed by atoms with Crippen molar-refractivity contribution in [2.24, 2.45) is 11.8 Å². The van der Waals surface area contributed by atoms with Crippen LogP contribution in [0.5, 0.6) is 0 Å². The Labute approximate surface area is 93.0 Å².